The summed E-state index contributed by atoms with van der Waals surface area (Å²) in [6, 6.07) is 0. The Morgan fingerprint density at radius 2 is 2.14 bits per heavy atom. The average Bonchev–Trinajstić information content (AvgIpc) is 2.10. The van der Waals surface area contributed by atoms with Crippen LogP contribution in [0.3, 0.4) is 0 Å². The van der Waals surface area contributed by atoms with Crippen molar-refractivity contribution >= 4 is 5.91 Å². The number of hydrogen-bond acceptors (Lipinski definition) is 3. The van der Waals surface area contributed by atoms with Gasteiger partial charge in [-0.15, -0.1) is 0 Å². The Hall–Kier alpha value is -0.610. The molecule has 0 unspecified atom stereocenters. The summed E-state index contributed by atoms with van der Waals surface area (Å²) in [4.78, 5) is 15.5. The van der Waals surface area contributed by atoms with Crippen LogP contribution in [0.25, 0.3) is 0 Å². The summed E-state index contributed by atoms with van der Waals surface area (Å²) in [6.07, 6.45) is 0. The second-order valence-corrected chi connectivity index (χ2v) is 4.23. The van der Waals surface area contributed by atoms with E-state index in [4.69, 9.17) is 5.11 Å². The second-order valence-electron chi connectivity index (χ2n) is 4.23. The van der Waals surface area contributed by atoms with E-state index in [1.54, 1.807) is 0 Å². The summed E-state index contributed by atoms with van der Waals surface area (Å²) in [6.45, 7) is 7.99. The van der Waals surface area contributed by atoms with Crippen LogP contribution in [0.5, 0.6) is 0 Å². The number of β-amino-alcohol motifs (C(OH)–C–C–N with tert-alkyl or cyclic N) is 1. The third-order valence-corrected chi connectivity index (χ3v) is 2.40. The number of nitrogens with zero attached hydrogens (tertiary/aromatic N) is 2. The first kappa shape index (κ1) is 11.5. The van der Waals surface area contributed by atoms with Gasteiger partial charge in [0.25, 0.3) is 0 Å². The van der Waals surface area contributed by atoms with Gasteiger partial charge in [-0.25, -0.2) is 0 Å². The Morgan fingerprint density at radius 3 is 2.64 bits per heavy atom. The van der Waals surface area contributed by atoms with E-state index in [-0.39, 0.29) is 12.5 Å². The van der Waals surface area contributed by atoms with Gasteiger partial charge < -0.3 is 10.0 Å². The van der Waals surface area contributed by atoms with Crippen LogP contribution in [-0.4, -0.2) is 60.1 Å². The molecule has 1 amide bonds. The Kier molecular flexibility index (Phi) is 4.35. The minimum absolute atomic E-state index is 0.136. The van der Waals surface area contributed by atoms with Crippen LogP contribution in [0.4, 0.5) is 0 Å². The van der Waals surface area contributed by atoms with Gasteiger partial charge in [-0.3, -0.25) is 9.69 Å². The zero-order valence-electron chi connectivity index (χ0n) is 9.07. The monoisotopic (exact) mass is 200 g/mol. The second kappa shape index (κ2) is 5.32. The molecule has 0 aromatic carbocycles. The molecule has 0 aliphatic carbocycles. The highest BCUT2D eigenvalue weighted by molar-refractivity contribution is 5.79. The lowest BCUT2D eigenvalue weighted by Gasteiger charge is -2.34. The number of aliphatic hydroxyl groups is 1. The Balaban J connectivity index is 2.36. The van der Waals surface area contributed by atoms with Gasteiger partial charge in [0, 0.05) is 26.2 Å². The van der Waals surface area contributed by atoms with Gasteiger partial charge in [-0.2, -0.15) is 0 Å². The van der Waals surface area contributed by atoms with Crippen molar-refractivity contribution in [2.24, 2.45) is 5.92 Å². The van der Waals surface area contributed by atoms with Crippen molar-refractivity contribution in [3.8, 4) is 0 Å². The van der Waals surface area contributed by atoms with Crippen LogP contribution in [0.15, 0.2) is 0 Å². The maximum Gasteiger partial charge on any atom is 0.236 e. The van der Waals surface area contributed by atoms with E-state index in [1.165, 1.54) is 0 Å². The molecule has 0 aromatic heterocycles. The van der Waals surface area contributed by atoms with Crippen LogP contribution in [0, 0.1) is 5.92 Å². The molecule has 82 valence electrons. The quantitative estimate of drug-likeness (QED) is 0.682. The fourth-order valence-corrected chi connectivity index (χ4v) is 1.72. The summed E-state index contributed by atoms with van der Waals surface area (Å²) in [5.74, 6) is 0.724. The zero-order valence-corrected chi connectivity index (χ0v) is 9.07. The van der Waals surface area contributed by atoms with Gasteiger partial charge >= 0.3 is 0 Å². The molecule has 0 atom stereocenters. The highest BCUT2D eigenvalue weighted by Gasteiger charge is 2.23. The molecule has 1 heterocycles. The van der Waals surface area contributed by atoms with Gasteiger partial charge in [0.05, 0.1) is 13.2 Å². The number of piperazine rings is 1. The third-order valence-electron chi connectivity index (χ3n) is 2.40. The Morgan fingerprint density at radius 1 is 1.43 bits per heavy atom. The fourth-order valence-electron chi connectivity index (χ4n) is 1.72. The molecule has 1 saturated heterocycles. The van der Waals surface area contributed by atoms with E-state index >= 15 is 0 Å². The highest BCUT2D eigenvalue weighted by Crippen LogP contribution is 2.05. The van der Waals surface area contributed by atoms with Gasteiger partial charge in [0.15, 0.2) is 0 Å². The number of rotatable bonds is 4. The minimum atomic E-state index is 0.136. The Labute approximate surface area is 85.5 Å². The first-order chi connectivity index (χ1) is 6.63. The van der Waals surface area contributed by atoms with Gasteiger partial charge in [0.1, 0.15) is 0 Å². The predicted molar refractivity (Wildman–Crippen MR) is 54.9 cm³/mol. The van der Waals surface area contributed by atoms with Gasteiger partial charge in [-0.1, -0.05) is 13.8 Å². The van der Waals surface area contributed by atoms with E-state index in [0.29, 0.717) is 19.0 Å². The molecule has 0 bridgehead atoms. The van der Waals surface area contributed by atoms with Crippen molar-refractivity contribution in [3.63, 3.8) is 0 Å². The molecule has 4 heteroatoms. The largest absolute Gasteiger partial charge is 0.395 e. The molecule has 14 heavy (non-hydrogen) atoms. The van der Waals surface area contributed by atoms with Crippen molar-refractivity contribution in [1.82, 2.24) is 9.80 Å². The molecule has 0 radical (unpaired) electrons. The molecule has 0 saturated carbocycles. The van der Waals surface area contributed by atoms with E-state index in [2.05, 4.69) is 13.8 Å². The number of carbonyl (C=O) groups excluding carboxylic acids is 1. The van der Waals surface area contributed by atoms with Crippen molar-refractivity contribution in [2.75, 3.05) is 39.3 Å². The fraction of sp³-hybridized carbons (Fsp3) is 0.900. The first-order valence-corrected chi connectivity index (χ1v) is 5.24. The summed E-state index contributed by atoms with van der Waals surface area (Å²) in [5, 5.41) is 8.75. The lowest BCUT2D eigenvalue weighted by atomic mass is 10.2. The van der Waals surface area contributed by atoms with E-state index in [1.807, 2.05) is 9.80 Å². The molecule has 1 aliphatic heterocycles. The van der Waals surface area contributed by atoms with Crippen LogP contribution in [-0.2, 0) is 4.79 Å². The van der Waals surface area contributed by atoms with Crippen LogP contribution in [0.1, 0.15) is 13.8 Å². The van der Waals surface area contributed by atoms with E-state index in [0.717, 1.165) is 19.6 Å². The molecular formula is C10H20N2O2. The summed E-state index contributed by atoms with van der Waals surface area (Å²) < 4.78 is 0. The predicted octanol–water partition coefficient (Wildman–Crippen LogP) is -0.221. The maximum atomic E-state index is 11.6. The molecular weight excluding hydrogens is 180 g/mol. The molecule has 1 fully saturated rings. The smallest absolute Gasteiger partial charge is 0.236 e. The average molecular weight is 200 g/mol. The van der Waals surface area contributed by atoms with Crippen molar-refractivity contribution in [2.45, 2.75) is 13.8 Å². The number of amides is 1. The maximum absolute atomic E-state index is 11.6. The van der Waals surface area contributed by atoms with Crippen LogP contribution >= 0.6 is 0 Å². The van der Waals surface area contributed by atoms with Crippen molar-refractivity contribution < 1.29 is 9.90 Å². The van der Waals surface area contributed by atoms with Crippen molar-refractivity contribution in [3.05, 3.63) is 0 Å². The Bertz CT molecular complexity index is 195. The highest BCUT2D eigenvalue weighted by atomic mass is 16.3. The topological polar surface area (TPSA) is 43.8 Å². The molecule has 0 spiro atoms. The molecule has 1 N–H and O–H groups in total. The standard InChI is InChI=1S/C10H20N2O2/c1-9(2)7-12-4-3-11(5-6-13)8-10(12)14/h9,13H,3-8H2,1-2H3. The van der Waals surface area contributed by atoms with Crippen LogP contribution < -0.4 is 0 Å². The number of hydrogen-bond donors (Lipinski definition) is 1. The normalized spacial score (nSPS) is 19.4. The summed E-state index contributed by atoms with van der Waals surface area (Å²) in [5.41, 5.74) is 0. The zero-order chi connectivity index (χ0) is 10.6. The van der Waals surface area contributed by atoms with E-state index < -0.39 is 0 Å². The lowest BCUT2D eigenvalue weighted by Crippen LogP contribution is -2.51. The van der Waals surface area contributed by atoms with Gasteiger partial charge in [0.2, 0.25) is 5.91 Å². The lowest BCUT2D eigenvalue weighted by molar-refractivity contribution is -0.136. The summed E-state index contributed by atoms with van der Waals surface area (Å²) in [7, 11) is 0. The van der Waals surface area contributed by atoms with E-state index in [9.17, 15) is 4.79 Å². The van der Waals surface area contributed by atoms with Crippen molar-refractivity contribution in [1.29, 1.82) is 0 Å². The third kappa shape index (κ3) is 3.27. The number of carbonyl (C=O) groups is 1. The molecule has 1 aliphatic rings. The van der Waals surface area contributed by atoms with Gasteiger partial charge in [-0.05, 0) is 5.92 Å². The first-order valence-electron chi connectivity index (χ1n) is 5.24. The summed E-state index contributed by atoms with van der Waals surface area (Å²) >= 11 is 0. The molecule has 4 nitrogen and oxygen atoms in total. The molecule has 1 rings (SSSR count). The molecule has 0 aromatic rings. The number of aliphatic hydroxyl groups excluding tert-OH is 1. The SMILES string of the molecule is CC(C)CN1CCN(CCO)CC1=O. The van der Waals surface area contributed by atoms with Crippen LogP contribution in [0.2, 0.25) is 0 Å². The minimum Gasteiger partial charge on any atom is -0.395 e.